The highest BCUT2D eigenvalue weighted by atomic mass is 16.5. The van der Waals surface area contributed by atoms with Crippen molar-refractivity contribution in [3.63, 3.8) is 0 Å². The van der Waals surface area contributed by atoms with Crippen LogP contribution >= 0.6 is 0 Å². The number of carbonyl (C=O) groups excluding carboxylic acids is 1. The molecular weight excluding hydrogens is 378 g/mol. The zero-order valence-corrected chi connectivity index (χ0v) is 18.9. The molecule has 1 heterocycles. The molecule has 1 aliphatic heterocycles. The van der Waals surface area contributed by atoms with Crippen molar-refractivity contribution in [2.24, 2.45) is 4.99 Å². The van der Waals surface area contributed by atoms with Gasteiger partial charge in [-0.15, -0.1) is 0 Å². The molecule has 2 N–H and O–H groups in total. The van der Waals surface area contributed by atoms with E-state index in [0.29, 0.717) is 19.1 Å². The highest BCUT2D eigenvalue weighted by molar-refractivity contribution is 5.80. The summed E-state index contributed by atoms with van der Waals surface area (Å²) in [6.45, 7) is 13.6. The second-order valence-corrected chi connectivity index (χ2v) is 9.10. The standard InChI is InChI=1S/C23H37N5O2/c1-5-24-22(25-16-18-8-6-7-9-20(18)30-23(2,3)4)28-14-12-27(13-15-28)17-21(29)26-19-10-11-19/h6-9,19H,5,10-17H2,1-4H3,(H,24,25)(H,26,29). The van der Waals surface area contributed by atoms with E-state index < -0.39 is 0 Å². The third kappa shape index (κ3) is 7.20. The van der Waals surface area contributed by atoms with Gasteiger partial charge in [0.15, 0.2) is 5.96 Å². The summed E-state index contributed by atoms with van der Waals surface area (Å²) in [5.41, 5.74) is 0.838. The number of ether oxygens (including phenoxy) is 1. The molecule has 0 atom stereocenters. The highest BCUT2D eigenvalue weighted by Gasteiger charge is 2.26. The lowest BCUT2D eigenvalue weighted by Crippen LogP contribution is -2.54. The van der Waals surface area contributed by atoms with Crippen molar-refractivity contribution < 1.29 is 9.53 Å². The van der Waals surface area contributed by atoms with Gasteiger partial charge >= 0.3 is 0 Å². The van der Waals surface area contributed by atoms with E-state index in [9.17, 15) is 4.79 Å². The van der Waals surface area contributed by atoms with Gasteiger partial charge in [0.25, 0.3) is 0 Å². The Hall–Kier alpha value is -2.28. The minimum Gasteiger partial charge on any atom is -0.488 e. The molecule has 3 rings (SSSR count). The first-order valence-corrected chi connectivity index (χ1v) is 11.2. The summed E-state index contributed by atoms with van der Waals surface area (Å²) in [6, 6.07) is 8.53. The average molecular weight is 416 g/mol. The third-order valence-corrected chi connectivity index (χ3v) is 5.10. The molecule has 30 heavy (non-hydrogen) atoms. The Balaban J connectivity index is 1.57. The molecule has 0 aromatic heterocycles. The summed E-state index contributed by atoms with van der Waals surface area (Å²) in [7, 11) is 0. The van der Waals surface area contributed by atoms with Gasteiger partial charge in [-0.3, -0.25) is 9.69 Å². The molecule has 7 nitrogen and oxygen atoms in total. The molecular formula is C23H37N5O2. The largest absolute Gasteiger partial charge is 0.488 e. The number of benzene rings is 1. The van der Waals surface area contributed by atoms with Crippen LogP contribution in [-0.4, -0.2) is 72.6 Å². The zero-order valence-electron chi connectivity index (χ0n) is 18.9. The maximum Gasteiger partial charge on any atom is 0.234 e. The molecule has 1 saturated carbocycles. The first kappa shape index (κ1) is 22.4. The fourth-order valence-corrected chi connectivity index (χ4v) is 3.47. The van der Waals surface area contributed by atoms with Gasteiger partial charge in [0.05, 0.1) is 13.1 Å². The predicted octanol–water partition coefficient (Wildman–Crippen LogP) is 2.23. The van der Waals surface area contributed by atoms with E-state index in [1.807, 2.05) is 18.2 Å². The lowest BCUT2D eigenvalue weighted by molar-refractivity contribution is -0.122. The SMILES string of the molecule is CCNC(=NCc1ccccc1OC(C)(C)C)N1CCN(CC(=O)NC2CC2)CC1. The fourth-order valence-electron chi connectivity index (χ4n) is 3.47. The Morgan fingerprint density at radius 2 is 1.87 bits per heavy atom. The number of hydrogen-bond acceptors (Lipinski definition) is 4. The fraction of sp³-hybridized carbons (Fsp3) is 0.652. The van der Waals surface area contributed by atoms with Crippen molar-refractivity contribution in [2.45, 2.75) is 58.7 Å². The van der Waals surface area contributed by atoms with Crippen LogP contribution in [0.25, 0.3) is 0 Å². The average Bonchev–Trinajstić information content (AvgIpc) is 3.49. The Labute approximate surface area is 180 Å². The quantitative estimate of drug-likeness (QED) is 0.528. The molecule has 166 valence electrons. The number of nitrogens with zero attached hydrogens (tertiary/aromatic N) is 3. The Morgan fingerprint density at radius 1 is 1.17 bits per heavy atom. The molecule has 0 unspecified atom stereocenters. The Morgan fingerprint density at radius 3 is 2.50 bits per heavy atom. The molecule has 0 bridgehead atoms. The number of nitrogens with one attached hydrogen (secondary N) is 2. The van der Waals surface area contributed by atoms with E-state index in [1.165, 1.54) is 0 Å². The predicted molar refractivity (Wildman–Crippen MR) is 121 cm³/mol. The van der Waals surface area contributed by atoms with Crippen molar-refractivity contribution >= 4 is 11.9 Å². The van der Waals surface area contributed by atoms with Crippen LogP contribution in [0.15, 0.2) is 29.3 Å². The second-order valence-electron chi connectivity index (χ2n) is 9.10. The van der Waals surface area contributed by atoms with E-state index in [1.54, 1.807) is 0 Å². The highest BCUT2D eigenvalue weighted by Crippen LogP contribution is 2.24. The van der Waals surface area contributed by atoms with Gasteiger partial charge in [-0.05, 0) is 46.6 Å². The van der Waals surface area contributed by atoms with Crippen LogP contribution in [0.4, 0.5) is 0 Å². The van der Waals surface area contributed by atoms with Gasteiger partial charge < -0.3 is 20.3 Å². The molecule has 2 fully saturated rings. The molecule has 1 amide bonds. The number of hydrogen-bond donors (Lipinski definition) is 2. The van der Waals surface area contributed by atoms with Crippen LogP contribution in [0.2, 0.25) is 0 Å². The normalized spacial score (nSPS) is 18.3. The van der Waals surface area contributed by atoms with Gasteiger partial charge in [0.1, 0.15) is 11.4 Å². The van der Waals surface area contributed by atoms with Crippen LogP contribution in [-0.2, 0) is 11.3 Å². The number of rotatable bonds is 7. The van der Waals surface area contributed by atoms with E-state index >= 15 is 0 Å². The topological polar surface area (TPSA) is 69.2 Å². The van der Waals surface area contributed by atoms with E-state index in [2.05, 4.69) is 54.2 Å². The summed E-state index contributed by atoms with van der Waals surface area (Å²) in [4.78, 5) is 21.5. The number of amides is 1. The lowest BCUT2D eigenvalue weighted by Gasteiger charge is -2.36. The lowest BCUT2D eigenvalue weighted by atomic mass is 10.1. The van der Waals surface area contributed by atoms with Gasteiger partial charge in [-0.2, -0.15) is 0 Å². The minimum absolute atomic E-state index is 0.155. The molecule has 2 aliphatic rings. The van der Waals surface area contributed by atoms with Crippen molar-refractivity contribution in [2.75, 3.05) is 39.3 Å². The first-order valence-electron chi connectivity index (χ1n) is 11.2. The molecule has 7 heteroatoms. The summed E-state index contributed by atoms with van der Waals surface area (Å²) in [5, 5.41) is 6.49. The summed E-state index contributed by atoms with van der Waals surface area (Å²) in [5.74, 6) is 1.96. The number of carbonyl (C=O) groups is 1. The van der Waals surface area contributed by atoms with Crippen LogP contribution in [0, 0.1) is 0 Å². The molecule has 1 aromatic carbocycles. The number of para-hydroxylation sites is 1. The van der Waals surface area contributed by atoms with Gasteiger partial charge in [-0.25, -0.2) is 4.99 Å². The van der Waals surface area contributed by atoms with Crippen LogP contribution in [0.1, 0.15) is 46.1 Å². The van der Waals surface area contributed by atoms with E-state index in [4.69, 9.17) is 9.73 Å². The number of piperazine rings is 1. The zero-order chi connectivity index (χ0) is 21.6. The third-order valence-electron chi connectivity index (χ3n) is 5.10. The van der Waals surface area contributed by atoms with Crippen LogP contribution in [0.3, 0.4) is 0 Å². The molecule has 1 aromatic rings. The van der Waals surface area contributed by atoms with Gasteiger partial charge in [0.2, 0.25) is 5.91 Å². The molecule has 1 aliphatic carbocycles. The van der Waals surface area contributed by atoms with Gasteiger partial charge in [-0.1, -0.05) is 18.2 Å². The Kier molecular flexibility index (Phi) is 7.58. The summed E-state index contributed by atoms with van der Waals surface area (Å²) < 4.78 is 6.11. The smallest absolute Gasteiger partial charge is 0.234 e. The summed E-state index contributed by atoms with van der Waals surface area (Å²) >= 11 is 0. The van der Waals surface area contributed by atoms with E-state index in [0.717, 1.165) is 62.8 Å². The maximum absolute atomic E-state index is 12.1. The van der Waals surface area contributed by atoms with Crippen molar-refractivity contribution in [3.05, 3.63) is 29.8 Å². The van der Waals surface area contributed by atoms with E-state index in [-0.39, 0.29) is 11.5 Å². The monoisotopic (exact) mass is 415 g/mol. The molecule has 0 spiro atoms. The van der Waals surface area contributed by atoms with Crippen LogP contribution < -0.4 is 15.4 Å². The number of guanidine groups is 1. The maximum atomic E-state index is 12.1. The molecule has 1 saturated heterocycles. The minimum atomic E-state index is -0.244. The Bertz CT molecular complexity index is 731. The van der Waals surface area contributed by atoms with Crippen molar-refractivity contribution in [3.8, 4) is 5.75 Å². The van der Waals surface area contributed by atoms with Crippen molar-refractivity contribution in [1.82, 2.24) is 20.4 Å². The van der Waals surface area contributed by atoms with Crippen LogP contribution in [0.5, 0.6) is 5.75 Å². The summed E-state index contributed by atoms with van der Waals surface area (Å²) in [6.07, 6.45) is 2.26. The first-order chi connectivity index (χ1) is 14.3. The van der Waals surface area contributed by atoms with Gasteiger partial charge in [0, 0.05) is 44.3 Å². The molecule has 0 radical (unpaired) electrons. The second kappa shape index (κ2) is 10.2. The van der Waals surface area contributed by atoms with Crippen molar-refractivity contribution in [1.29, 1.82) is 0 Å². The number of aliphatic imine (C=N–C) groups is 1.